The molecule has 0 spiro atoms. The number of carbonyl (C=O) groups is 2. The molecule has 164 valence electrons. The topological polar surface area (TPSA) is 71.5 Å². The highest BCUT2D eigenvalue weighted by atomic mass is 32.1. The predicted octanol–water partition coefficient (Wildman–Crippen LogP) is 4.35. The van der Waals surface area contributed by atoms with Crippen molar-refractivity contribution in [2.75, 3.05) is 20.7 Å². The largest absolute Gasteiger partial charge is 0.483 e. The van der Waals surface area contributed by atoms with E-state index in [4.69, 9.17) is 4.74 Å². The lowest BCUT2D eigenvalue weighted by Crippen LogP contribution is -2.30. The lowest BCUT2D eigenvalue weighted by molar-refractivity contribution is -0.130. The van der Waals surface area contributed by atoms with Crippen molar-refractivity contribution in [1.82, 2.24) is 15.2 Å². The molecule has 3 aromatic rings. The Balaban J connectivity index is 1.55. The second kappa shape index (κ2) is 10.9. The fourth-order valence-electron chi connectivity index (χ4n) is 3.26. The Labute approximate surface area is 187 Å². The quantitative estimate of drug-likeness (QED) is 0.510. The van der Waals surface area contributed by atoms with Gasteiger partial charge in [0.2, 0.25) is 5.91 Å². The molecule has 0 aliphatic carbocycles. The summed E-state index contributed by atoms with van der Waals surface area (Å²) in [7, 11) is 3.39. The average molecular weight is 440 g/mol. The smallest absolute Gasteiger partial charge is 0.259 e. The third-order valence-corrected chi connectivity index (χ3v) is 6.12. The minimum Gasteiger partial charge on any atom is -0.483 e. The van der Waals surface area contributed by atoms with Gasteiger partial charge in [0.25, 0.3) is 5.91 Å². The first kappa shape index (κ1) is 22.7. The highest BCUT2D eigenvalue weighted by molar-refractivity contribution is 7.18. The number of amides is 2. The van der Waals surface area contributed by atoms with Crippen molar-refractivity contribution in [2.24, 2.45) is 0 Å². The number of para-hydroxylation sites is 2. The van der Waals surface area contributed by atoms with E-state index in [-0.39, 0.29) is 24.5 Å². The first-order chi connectivity index (χ1) is 15.0. The number of nitrogens with zero attached hydrogens (tertiary/aromatic N) is 2. The van der Waals surface area contributed by atoms with E-state index in [2.05, 4.69) is 16.4 Å². The molecule has 0 saturated carbocycles. The van der Waals surface area contributed by atoms with Crippen molar-refractivity contribution >= 4 is 33.4 Å². The van der Waals surface area contributed by atoms with Gasteiger partial charge in [-0.15, -0.1) is 11.3 Å². The van der Waals surface area contributed by atoms with Crippen LogP contribution in [-0.4, -0.2) is 42.4 Å². The van der Waals surface area contributed by atoms with Crippen LogP contribution in [0.1, 0.15) is 42.8 Å². The highest BCUT2D eigenvalue weighted by Gasteiger charge is 2.18. The van der Waals surface area contributed by atoms with Gasteiger partial charge in [-0.2, -0.15) is 0 Å². The summed E-state index contributed by atoms with van der Waals surface area (Å²) < 4.78 is 6.92. The number of thiazole rings is 1. The zero-order valence-electron chi connectivity index (χ0n) is 18.3. The lowest BCUT2D eigenvalue weighted by atomic mass is 10.0. The first-order valence-electron chi connectivity index (χ1n) is 10.5. The number of fused-ring (bicyclic) bond motifs is 1. The number of aromatic nitrogens is 1. The number of rotatable bonds is 10. The molecule has 0 bridgehead atoms. The van der Waals surface area contributed by atoms with Gasteiger partial charge >= 0.3 is 0 Å². The summed E-state index contributed by atoms with van der Waals surface area (Å²) in [5, 5.41) is 4.18. The Bertz CT molecular complexity index is 999. The van der Waals surface area contributed by atoms with Gasteiger partial charge in [0.05, 0.1) is 21.3 Å². The number of nitrogens with one attached hydrogen (secondary N) is 1. The van der Waals surface area contributed by atoms with Crippen molar-refractivity contribution in [3.05, 3.63) is 59.1 Å². The molecule has 1 unspecified atom stereocenters. The van der Waals surface area contributed by atoms with Crippen molar-refractivity contribution in [1.29, 1.82) is 0 Å². The summed E-state index contributed by atoms with van der Waals surface area (Å²) in [5.74, 6) is 0.521. The van der Waals surface area contributed by atoms with Crippen molar-refractivity contribution in [3.63, 3.8) is 0 Å². The normalized spacial score (nSPS) is 11.8. The summed E-state index contributed by atoms with van der Waals surface area (Å²) in [6, 6.07) is 15.5. The van der Waals surface area contributed by atoms with Gasteiger partial charge in [-0.3, -0.25) is 9.59 Å². The van der Waals surface area contributed by atoms with Crippen molar-refractivity contribution in [3.8, 4) is 5.75 Å². The molecule has 1 N–H and O–H groups in total. The molecule has 7 heteroatoms. The number of hydrogen-bond donors (Lipinski definition) is 1. The fourth-order valence-corrected chi connectivity index (χ4v) is 4.27. The van der Waals surface area contributed by atoms with Crippen LogP contribution in [0.15, 0.2) is 48.5 Å². The van der Waals surface area contributed by atoms with Crippen molar-refractivity contribution in [2.45, 2.75) is 38.6 Å². The number of aryl methyl sites for hydroxylation is 1. The molecule has 0 radical (unpaired) electrons. The van der Waals surface area contributed by atoms with Gasteiger partial charge in [-0.1, -0.05) is 37.3 Å². The minimum atomic E-state index is -0.166. The first-order valence-corrected chi connectivity index (χ1v) is 11.3. The molecule has 0 aliphatic heterocycles. The summed E-state index contributed by atoms with van der Waals surface area (Å²) in [6.45, 7) is 1.99. The van der Waals surface area contributed by atoms with Crippen LogP contribution in [0.25, 0.3) is 10.2 Å². The lowest BCUT2D eigenvalue weighted by Gasteiger charge is -2.21. The third-order valence-electron chi connectivity index (χ3n) is 5.02. The molecule has 0 aliphatic rings. The Morgan fingerprint density at radius 1 is 1.13 bits per heavy atom. The van der Waals surface area contributed by atoms with Crippen LogP contribution < -0.4 is 10.1 Å². The fraction of sp³-hybridized carbons (Fsp3) is 0.375. The zero-order chi connectivity index (χ0) is 22.2. The van der Waals surface area contributed by atoms with Crippen LogP contribution in [0, 0.1) is 0 Å². The Hall–Kier alpha value is -2.93. The summed E-state index contributed by atoms with van der Waals surface area (Å²) in [5.41, 5.74) is 1.90. The van der Waals surface area contributed by atoms with Crippen LogP contribution >= 0.6 is 11.3 Å². The summed E-state index contributed by atoms with van der Waals surface area (Å²) in [4.78, 5) is 30.6. The van der Waals surface area contributed by atoms with E-state index in [1.54, 1.807) is 25.4 Å². The zero-order valence-corrected chi connectivity index (χ0v) is 19.1. The van der Waals surface area contributed by atoms with Gasteiger partial charge in [0, 0.05) is 26.1 Å². The average Bonchev–Trinajstić information content (AvgIpc) is 3.18. The maximum atomic E-state index is 12.6. The maximum absolute atomic E-state index is 12.6. The molecule has 31 heavy (non-hydrogen) atoms. The van der Waals surface area contributed by atoms with Gasteiger partial charge in [0.15, 0.2) is 6.61 Å². The Morgan fingerprint density at radius 3 is 2.61 bits per heavy atom. The van der Waals surface area contributed by atoms with E-state index in [1.165, 1.54) is 9.60 Å². The number of hydrogen-bond acceptors (Lipinski definition) is 5. The number of ether oxygens (including phenoxy) is 1. The molecule has 0 fully saturated rings. The second-order valence-electron chi connectivity index (χ2n) is 7.57. The van der Waals surface area contributed by atoms with Crippen LogP contribution in [0.5, 0.6) is 5.75 Å². The van der Waals surface area contributed by atoms with Gasteiger partial charge < -0.3 is 15.0 Å². The monoisotopic (exact) mass is 439 g/mol. The summed E-state index contributed by atoms with van der Waals surface area (Å²) >= 11 is 1.69. The Morgan fingerprint density at radius 2 is 1.87 bits per heavy atom. The molecular weight excluding hydrogens is 410 g/mol. The number of likely N-dealkylation sites (N-methyl/N-ethyl adjacent to an activating group) is 1. The number of carbonyl (C=O) groups excluding carboxylic acids is 2. The van der Waals surface area contributed by atoms with Gasteiger partial charge in [-0.05, 0) is 37.5 Å². The van der Waals surface area contributed by atoms with Crippen LogP contribution in [-0.2, 0) is 16.0 Å². The summed E-state index contributed by atoms with van der Waals surface area (Å²) in [6.07, 6.45) is 2.70. The van der Waals surface area contributed by atoms with E-state index in [0.29, 0.717) is 12.2 Å². The van der Waals surface area contributed by atoms with E-state index in [9.17, 15) is 9.59 Å². The third kappa shape index (κ3) is 6.28. The number of benzene rings is 2. The minimum absolute atomic E-state index is 0.00660. The predicted molar refractivity (Wildman–Crippen MR) is 124 cm³/mol. The molecule has 1 atom stereocenters. The van der Waals surface area contributed by atoms with E-state index >= 15 is 0 Å². The van der Waals surface area contributed by atoms with Crippen molar-refractivity contribution < 1.29 is 14.3 Å². The van der Waals surface area contributed by atoms with Gasteiger partial charge in [0.1, 0.15) is 5.75 Å². The Kier molecular flexibility index (Phi) is 8.00. The molecule has 2 amide bonds. The standard InChI is InChI=1S/C24H29N3O3S/c1-4-18(17-10-5-7-12-20(17)30-16-24(29)27(2)3)25-22(28)14-9-15-23-26-19-11-6-8-13-21(19)31-23/h5-8,10-13,18H,4,9,14-16H2,1-3H3,(H,25,28). The molecular formula is C24H29N3O3S. The maximum Gasteiger partial charge on any atom is 0.259 e. The van der Waals surface area contributed by atoms with Crippen LogP contribution in [0.3, 0.4) is 0 Å². The molecule has 6 nitrogen and oxygen atoms in total. The molecule has 1 aromatic heterocycles. The molecule has 0 saturated heterocycles. The van der Waals surface area contributed by atoms with Crippen LogP contribution in [0.4, 0.5) is 0 Å². The molecule has 3 rings (SSSR count). The molecule has 1 heterocycles. The van der Waals surface area contributed by atoms with E-state index in [1.807, 2.05) is 49.4 Å². The van der Waals surface area contributed by atoms with Gasteiger partial charge in [-0.25, -0.2) is 4.98 Å². The molecule has 2 aromatic carbocycles. The van der Waals surface area contributed by atoms with E-state index < -0.39 is 0 Å². The highest BCUT2D eigenvalue weighted by Crippen LogP contribution is 2.28. The SMILES string of the molecule is CCC(NC(=O)CCCc1nc2ccccc2s1)c1ccccc1OCC(=O)N(C)C. The second-order valence-corrected chi connectivity index (χ2v) is 8.69. The van der Waals surface area contributed by atoms with Crippen LogP contribution in [0.2, 0.25) is 0 Å². The van der Waals surface area contributed by atoms with E-state index in [0.717, 1.165) is 35.4 Å².